The summed E-state index contributed by atoms with van der Waals surface area (Å²) in [6.07, 6.45) is 0.298. The average molecular weight is 582 g/mol. The highest BCUT2D eigenvalue weighted by Crippen LogP contribution is 2.27. The van der Waals surface area contributed by atoms with E-state index in [4.69, 9.17) is 0 Å². The summed E-state index contributed by atoms with van der Waals surface area (Å²) in [5.41, 5.74) is 2.05. The van der Waals surface area contributed by atoms with Crippen molar-refractivity contribution >= 4 is 22.1 Å². The Labute approximate surface area is 232 Å². The van der Waals surface area contributed by atoms with Crippen molar-refractivity contribution in [1.82, 2.24) is 19.8 Å². The maximum atomic E-state index is 13.6. The summed E-state index contributed by atoms with van der Waals surface area (Å²) >= 11 is 0. The minimum absolute atomic E-state index is 0.0145. The molecule has 0 saturated carbocycles. The molecule has 40 heavy (non-hydrogen) atoms. The molecule has 1 aliphatic heterocycles. The number of benzene rings is 2. The summed E-state index contributed by atoms with van der Waals surface area (Å²) in [6, 6.07) is 10.6. The van der Waals surface area contributed by atoms with E-state index in [0.29, 0.717) is 5.82 Å². The van der Waals surface area contributed by atoms with Crippen molar-refractivity contribution in [2.75, 3.05) is 26.7 Å². The molecule has 3 rings (SSSR count). The molecule has 2 aromatic carbocycles. The minimum atomic E-state index is -4.91. The van der Waals surface area contributed by atoms with E-state index in [0.717, 1.165) is 47.0 Å². The summed E-state index contributed by atoms with van der Waals surface area (Å²) < 4.78 is 69.8. The first-order valence-electron chi connectivity index (χ1n) is 12.8. The van der Waals surface area contributed by atoms with E-state index in [1.807, 2.05) is 24.3 Å². The van der Waals surface area contributed by atoms with Gasteiger partial charge >= 0.3 is 6.36 Å². The lowest BCUT2D eigenvalue weighted by Crippen LogP contribution is -2.60. The second kappa shape index (κ2) is 13.7. The van der Waals surface area contributed by atoms with Gasteiger partial charge in [-0.25, -0.2) is 13.4 Å². The van der Waals surface area contributed by atoms with Crippen LogP contribution in [0.3, 0.4) is 0 Å². The summed E-state index contributed by atoms with van der Waals surface area (Å²) in [7, 11) is -2.55. The molecule has 0 aromatic heterocycles. The number of aliphatic imine (C=N–C) groups is 1. The maximum Gasteiger partial charge on any atom is 0.573 e. The number of hydrogen-bond donors (Lipinski definition) is 2. The maximum absolute atomic E-state index is 13.6. The third-order valence-corrected chi connectivity index (χ3v) is 8.11. The molecular formula is C27H34F3N5O4S. The van der Waals surface area contributed by atoms with Crippen LogP contribution in [-0.4, -0.2) is 68.8 Å². The summed E-state index contributed by atoms with van der Waals surface area (Å²) in [6.45, 7) is 4.24. The van der Waals surface area contributed by atoms with Crippen LogP contribution >= 0.6 is 0 Å². The van der Waals surface area contributed by atoms with Crippen molar-refractivity contribution in [3.8, 4) is 5.75 Å². The molecule has 1 atom stereocenters. The number of ether oxygens (including phenoxy) is 1. The molecule has 0 radical (unpaired) electrons. The van der Waals surface area contributed by atoms with Gasteiger partial charge in [-0.3, -0.25) is 4.79 Å². The predicted octanol–water partition coefficient (Wildman–Crippen LogP) is 3.64. The Kier molecular flexibility index (Phi) is 10.6. The number of halogens is 3. The molecule has 0 aliphatic carbocycles. The van der Waals surface area contributed by atoms with E-state index in [9.17, 15) is 26.4 Å². The molecule has 1 heterocycles. The molecule has 9 nitrogen and oxygen atoms in total. The molecule has 218 valence electrons. The van der Waals surface area contributed by atoms with Crippen molar-refractivity contribution in [2.45, 2.75) is 50.5 Å². The molecule has 0 spiro atoms. The molecule has 2 N–H and O–H groups in total. The van der Waals surface area contributed by atoms with Gasteiger partial charge in [0.25, 0.3) is 0 Å². The highest BCUT2D eigenvalue weighted by atomic mass is 32.2. The number of carbonyl (C=O) groups excluding carboxylic acids is 1. The lowest BCUT2D eigenvalue weighted by molar-refractivity contribution is -0.274. The zero-order chi connectivity index (χ0) is 29.3. The van der Waals surface area contributed by atoms with Gasteiger partial charge in [0.15, 0.2) is 0 Å². The zero-order valence-corrected chi connectivity index (χ0v) is 23.4. The van der Waals surface area contributed by atoms with Gasteiger partial charge in [-0.2, -0.15) is 4.31 Å². The number of aryl methyl sites for hydroxylation is 1. The van der Waals surface area contributed by atoms with E-state index < -0.39 is 34.1 Å². The highest BCUT2D eigenvalue weighted by Gasteiger charge is 2.41. The first-order chi connectivity index (χ1) is 19.0. The Morgan fingerprint density at radius 3 is 2.33 bits per heavy atom. The molecule has 1 saturated heterocycles. The van der Waals surface area contributed by atoms with Gasteiger partial charge in [-0.1, -0.05) is 37.6 Å². The molecule has 0 unspecified atom stereocenters. The second-order valence-electron chi connectivity index (χ2n) is 9.06. The fourth-order valence-corrected chi connectivity index (χ4v) is 5.89. The molecule has 0 bridgehead atoms. The number of hydrogen-bond acceptors (Lipinski definition) is 7. The summed E-state index contributed by atoms with van der Waals surface area (Å²) in [5, 5.41) is 5.74. The summed E-state index contributed by atoms with van der Waals surface area (Å²) in [5.74, 6) is -0.526. The van der Waals surface area contributed by atoms with Crippen molar-refractivity contribution in [1.29, 1.82) is 0 Å². The topological polar surface area (TPSA) is 103 Å². The molecular weight excluding hydrogens is 547 g/mol. The Bertz CT molecular complexity index is 1300. The number of nitrogens with one attached hydrogen (secondary N) is 2. The fraction of sp³-hybridized carbons (Fsp3) is 0.407. The van der Waals surface area contributed by atoms with Crippen LogP contribution in [0.5, 0.6) is 5.75 Å². The van der Waals surface area contributed by atoms with Crippen LogP contribution in [-0.2, 0) is 27.8 Å². The third kappa shape index (κ3) is 8.21. The summed E-state index contributed by atoms with van der Waals surface area (Å²) in [4.78, 5) is 19.3. The molecule has 1 amide bonds. The average Bonchev–Trinajstić information content (AvgIpc) is 2.91. The standard InChI is InChI=1S/C27H34F3N5O4S/c1-4-6-20-7-9-21(10-8-20)17-33-26(36)24-19-34(25(18-31-3)32-5-2)15-16-35(24)40(37,38)23-13-11-22(12-14-23)39-27(28,29)30/h5,7-14,18,24,31H,4,6,15-17,19H2,1-3H3,(H,33,36)/b25-18+,32-5?/t24-/m1/s1. The van der Waals surface area contributed by atoms with E-state index in [1.165, 1.54) is 5.56 Å². The smallest absolute Gasteiger partial charge is 0.406 e. The van der Waals surface area contributed by atoms with Gasteiger partial charge in [-0.15, -0.1) is 13.2 Å². The molecule has 13 heteroatoms. The van der Waals surface area contributed by atoms with Crippen molar-refractivity contribution in [3.63, 3.8) is 0 Å². The first-order valence-corrected chi connectivity index (χ1v) is 14.3. The third-order valence-electron chi connectivity index (χ3n) is 6.18. The van der Waals surface area contributed by atoms with Gasteiger partial charge in [0.1, 0.15) is 17.6 Å². The lowest BCUT2D eigenvalue weighted by Gasteiger charge is -2.40. The molecule has 1 fully saturated rings. The van der Waals surface area contributed by atoms with Gasteiger partial charge < -0.3 is 20.3 Å². The second-order valence-corrected chi connectivity index (χ2v) is 11.0. The van der Waals surface area contributed by atoms with E-state index >= 15 is 0 Å². The number of piperazine rings is 1. The van der Waals surface area contributed by atoms with Crippen molar-refractivity contribution < 1.29 is 31.1 Å². The van der Waals surface area contributed by atoms with Gasteiger partial charge in [0.05, 0.1) is 4.90 Å². The Balaban J connectivity index is 1.86. The molecule has 2 aromatic rings. The lowest BCUT2D eigenvalue weighted by atomic mass is 10.1. The Morgan fingerprint density at radius 1 is 1.10 bits per heavy atom. The normalized spacial score (nSPS) is 17.2. The van der Waals surface area contributed by atoms with Crippen LogP contribution in [0.25, 0.3) is 0 Å². The van der Waals surface area contributed by atoms with Crippen LogP contribution in [0, 0.1) is 0 Å². The Hall–Kier alpha value is -3.58. The number of alkyl halides is 3. The number of amides is 1. The van der Waals surface area contributed by atoms with E-state index in [1.54, 1.807) is 31.3 Å². The van der Waals surface area contributed by atoms with Gasteiger partial charge in [0.2, 0.25) is 15.9 Å². The van der Waals surface area contributed by atoms with Gasteiger partial charge in [-0.05, 0) is 48.7 Å². The number of sulfonamides is 1. The minimum Gasteiger partial charge on any atom is -0.406 e. The van der Waals surface area contributed by atoms with Crippen LogP contribution in [0.1, 0.15) is 31.4 Å². The van der Waals surface area contributed by atoms with Crippen LogP contribution in [0.2, 0.25) is 0 Å². The predicted molar refractivity (Wildman–Crippen MR) is 146 cm³/mol. The molecule has 1 aliphatic rings. The number of carbonyl (C=O) groups is 1. The Morgan fingerprint density at radius 2 is 1.75 bits per heavy atom. The van der Waals surface area contributed by atoms with E-state index in [-0.39, 0.29) is 31.1 Å². The van der Waals surface area contributed by atoms with Crippen molar-refractivity contribution in [2.24, 2.45) is 4.99 Å². The number of nitrogens with zero attached hydrogens (tertiary/aromatic N) is 3. The number of rotatable bonds is 11. The highest BCUT2D eigenvalue weighted by molar-refractivity contribution is 7.89. The van der Waals surface area contributed by atoms with Gasteiger partial charge in [0, 0.05) is 45.6 Å². The van der Waals surface area contributed by atoms with Crippen LogP contribution in [0.4, 0.5) is 13.2 Å². The van der Waals surface area contributed by atoms with E-state index in [2.05, 4.69) is 27.3 Å². The first kappa shape index (κ1) is 31.0. The quantitative estimate of drug-likeness (QED) is 0.393. The monoisotopic (exact) mass is 581 g/mol. The van der Waals surface area contributed by atoms with Crippen molar-refractivity contribution in [3.05, 3.63) is 71.7 Å². The van der Waals surface area contributed by atoms with Crippen LogP contribution in [0.15, 0.2) is 70.4 Å². The largest absolute Gasteiger partial charge is 0.573 e. The van der Waals surface area contributed by atoms with Crippen LogP contribution < -0.4 is 15.4 Å². The SMILES string of the molecule is CC=N/C(=C\NC)N1CCN(S(=O)(=O)c2ccc(OC(F)(F)F)cc2)[C@@H](C(=O)NCc2ccc(CCC)cc2)C1. The zero-order valence-electron chi connectivity index (χ0n) is 22.6. The fourth-order valence-electron chi connectivity index (χ4n) is 4.32.